The van der Waals surface area contributed by atoms with E-state index in [-0.39, 0.29) is 12.3 Å². The molecule has 0 aromatic heterocycles. The molecule has 0 saturated carbocycles. The number of carbonyl (C=O) groups is 3. The van der Waals surface area contributed by atoms with Crippen molar-refractivity contribution in [1.82, 2.24) is 4.90 Å². The summed E-state index contributed by atoms with van der Waals surface area (Å²) in [6.07, 6.45) is -0.145. The molecule has 1 spiro atoms. The number of rotatable bonds is 3. The van der Waals surface area contributed by atoms with Crippen molar-refractivity contribution < 1.29 is 29.0 Å². The van der Waals surface area contributed by atoms with Gasteiger partial charge in [0.2, 0.25) is 5.91 Å². The van der Waals surface area contributed by atoms with Crippen LogP contribution >= 0.6 is 0 Å². The number of anilines is 1. The van der Waals surface area contributed by atoms with Crippen molar-refractivity contribution in [3.63, 3.8) is 0 Å². The third-order valence-corrected chi connectivity index (χ3v) is 7.21. The molecule has 3 aromatic rings. The van der Waals surface area contributed by atoms with Crippen molar-refractivity contribution >= 4 is 23.5 Å². The molecule has 1 unspecified atom stereocenters. The molecule has 36 heavy (non-hydrogen) atoms. The molecule has 3 aromatic carbocycles. The Kier molecular flexibility index (Phi) is 5.00. The molecule has 1 saturated heterocycles. The van der Waals surface area contributed by atoms with Crippen LogP contribution in [0.5, 0.6) is 11.5 Å². The largest absolute Gasteiger partial charge is 0.481 e. The smallest absolute Gasteiger partial charge is 0.340 e. The predicted molar refractivity (Wildman–Crippen MR) is 131 cm³/mol. The lowest BCUT2D eigenvalue weighted by atomic mass is 9.77. The van der Waals surface area contributed by atoms with Crippen molar-refractivity contribution in [1.29, 1.82) is 0 Å². The second-order valence-electron chi connectivity index (χ2n) is 9.29. The molecular weight excluding hydrogens is 460 g/mol. The van der Waals surface area contributed by atoms with Crippen molar-refractivity contribution in [3.05, 3.63) is 88.5 Å². The molecule has 1 amide bonds. The molecule has 0 aliphatic carbocycles. The third kappa shape index (κ3) is 3.32. The first-order valence-corrected chi connectivity index (χ1v) is 11.9. The molecule has 1 atom stereocenters. The van der Waals surface area contributed by atoms with E-state index in [1.54, 1.807) is 37.3 Å². The average molecular weight is 485 g/mol. The van der Waals surface area contributed by atoms with E-state index < -0.39 is 17.5 Å². The maximum absolute atomic E-state index is 13.0. The zero-order chi connectivity index (χ0) is 25.0. The SMILES string of the molecule is CC(=O)N1CCN(c2ccc3c(c2)Oc2cc(CC(=O)O)ccc2C32OC(=O)c3ccccc32)CC1. The summed E-state index contributed by atoms with van der Waals surface area (Å²) in [7, 11) is 0. The number of esters is 1. The number of aliphatic carboxylic acids is 1. The van der Waals surface area contributed by atoms with Gasteiger partial charge in [-0.1, -0.05) is 30.3 Å². The first-order valence-electron chi connectivity index (χ1n) is 11.9. The fraction of sp³-hybridized carbons (Fsp3) is 0.250. The van der Waals surface area contributed by atoms with Crippen LogP contribution in [0, 0.1) is 0 Å². The first kappa shape index (κ1) is 22.2. The van der Waals surface area contributed by atoms with E-state index in [4.69, 9.17) is 9.47 Å². The van der Waals surface area contributed by atoms with Gasteiger partial charge >= 0.3 is 11.9 Å². The van der Waals surface area contributed by atoms with Crippen LogP contribution in [0.1, 0.15) is 39.5 Å². The summed E-state index contributed by atoms with van der Waals surface area (Å²) in [5.41, 5.74) is 2.94. The van der Waals surface area contributed by atoms with E-state index in [0.29, 0.717) is 59.9 Å². The van der Waals surface area contributed by atoms with Gasteiger partial charge in [-0.15, -0.1) is 0 Å². The molecule has 3 heterocycles. The molecular formula is C28H24N2O6. The Bertz CT molecular complexity index is 1430. The minimum atomic E-state index is -1.19. The summed E-state index contributed by atoms with van der Waals surface area (Å²) in [4.78, 5) is 40.1. The standard InChI is InChI=1S/C28H24N2O6/c1-17(31)29-10-12-30(13-11-29)19-7-9-23-25(16-19)35-24-14-18(15-26(32)33)6-8-22(24)28(23)21-5-3-2-4-20(21)27(34)36-28/h2-9,14,16H,10-13,15H2,1H3,(H,32,33). The second-order valence-corrected chi connectivity index (χ2v) is 9.29. The molecule has 0 radical (unpaired) electrons. The molecule has 3 aliphatic rings. The van der Waals surface area contributed by atoms with E-state index in [2.05, 4.69) is 4.90 Å². The van der Waals surface area contributed by atoms with Crippen LogP contribution in [0.3, 0.4) is 0 Å². The number of hydrogen-bond acceptors (Lipinski definition) is 6. The van der Waals surface area contributed by atoms with Gasteiger partial charge in [0.25, 0.3) is 0 Å². The van der Waals surface area contributed by atoms with Gasteiger partial charge in [0.05, 0.1) is 12.0 Å². The highest BCUT2D eigenvalue weighted by molar-refractivity contribution is 5.97. The number of carbonyl (C=O) groups excluding carboxylic acids is 2. The summed E-state index contributed by atoms with van der Waals surface area (Å²) in [6.45, 7) is 4.26. The Balaban J connectivity index is 1.47. The first-order chi connectivity index (χ1) is 17.4. The highest BCUT2D eigenvalue weighted by atomic mass is 16.6. The number of hydrogen-bond donors (Lipinski definition) is 1. The van der Waals surface area contributed by atoms with Gasteiger partial charge in [-0.25, -0.2) is 4.79 Å². The molecule has 6 rings (SSSR count). The maximum atomic E-state index is 13.0. The molecule has 182 valence electrons. The number of amides is 1. The lowest BCUT2D eigenvalue weighted by Crippen LogP contribution is -2.48. The Morgan fingerprint density at radius 3 is 2.33 bits per heavy atom. The normalized spacial score (nSPS) is 19.8. The highest BCUT2D eigenvalue weighted by Crippen LogP contribution is 2.56. The van der Waals surface area contributed by atoms with E-state index in [9.17, 15) is 19.5 Å². The zero-order valence-electron chi connectivity index (χ0n) is 19.7. The Hall–Kier alpha value is -4.33. The van der Waals surface area contributed by atoms with Crippen LogP contribution in [0.25, 0.3) is 0 Å². The zero-order valence-corrected chi connectivity index (χ0v) is 19.7. The van der Waals surface area contributed by atoms with Crippen LogP contribution in [-0.2, 0) is 26.3 Å². The van der Waals surface area contributed by atoms with E-state index in [1.807, 2.05) is 35.2 Å². The number of carboxylic acids is 1. The maximum Gasteiger partial charge on any atom is 0.340 e. The topological polar surface area (TPSA) is 96.4 Å². The van der Waals surface area contributed by atoms with Gasteiger partial charge < -0.3 is 24.4 Å². The number of nitrogens with zero attached hydrogens (tertiary/aromatic N) is 2. The van der Waals surface area contributed by atoms with E-state index >= 15 is 0 Å². The lowest BCUT2D eigenvalue weighted by Gasteiger charge is -2.39. The number of ether oxygens (including phenoxy) is 2. The molecule has 3 aliphatic heterocycles. The molecule has 8 nitrogen and oxygen atoms in total. The Morgan fingerprint density at radius 1 is 0.917 bits per heavy atom. The van der Waals surface area contributed by atoms with E-state index in [0.717, 1.165) is 11.3 Å². The Morgan fingerprint density at radius 2 is 1.61 bits per heavy atom. The predicted octanol–water partition coefficient (Wildman–Crippen LogP) is 3.55. The number of piperazine rings is 1. The highest BCUT2D eigenvalue weighted by Gasteiger charge is 2.53. The third-order valence-electron chi connectivity index (χ3n) is 7.21. The van der Waals surface area contributed by atoms with Crippen molar-refractivity contribution in [3.8, 4) is 11.5 Å². The molecule has 0 bridgehead atoms. The summed E-state index contributed by atoms with van der Waals surface area (Å²) in [5.74, 6) is -0.273. The second kappa shape index (κ2) is 8.12. The fourth-order valence-electron chi connectivity index (χ4n) is 5.47. The van der Waals surface area contributed by atoms with Gasteiger partial charge in [0, 0.05) is 61.5 Å². The molecule has 8 heteroatoms. The van der Waals surface area contributed by atoms with Crippen LogP contribution < -0.4 is 9.64 Å². The van der Waals surface area contributed by atoms with Gasteiger partial charge in [-0.2, -0.15) is 0 Å². The number of benzene rings is 3. The van der Waals surface area contributed by atoms with Crippen LogP contribution in [-0.4, -0.2) is 54.0 Å². The van der Waals surface area contributed by atoms with Gasteiger partial charge in [-0.05, 0) is 29.8 Å². The van der Waals surface area contributed by atoms with Crippen LogP contribution in [0.2, 0.25) is 0 Å². The van der Waals surface area contributed by atoms with Crippen LogP contribution in [0.15, 0.2) is 60.7 Å². The summed E-state index contributed by atoms with van der Waals surface area (Å²) in [6, 6.07) is 18.4. The van der Waals surface area contributed by atoms with E-state index in [1.165, 1.54) is 0 Å². The van der Waals surface area contributed by atoms with Crippen molar-refractivity contribution in [2.24, 2.45) is 0 Å². The summed E-state index contributed by atoms with van der Waals surface area (Å²) >= 11 is 0. The minimum Gasteiger partial charge on any atom is -0.481 e. The quantitative estimate of drug-likeness (QED) is 0.568. The molecule has 1 fully saturated rings. The Labute approximate surface area is 207 Å². The molecule has 1 N–H and O–H groups in total. The van der Waals surface area contributed by atoms with Crippen molar-refractivity contribution in [2.45, 2.75) is 18.9 Å². The lowest BCUT2D eigenvalue weighted by molar-refractivity contribution is -0.136. The number of fused-ring (bicyclic) bond motifs is 6. The monoisotopic (exact) mass is 484 g/mol. The van der Waals surface area contributed by atoms with Crippen molar-refractivity contribution in [2.75, 3.05) is 31.1 Å². The van der Waals surface area contributed by atoms with Gasteiger partial charge in [-0.3, -0.25) is 9.59 Å². The van der Waals surface area contributed by atoms with Crippen LogP contribution in [0.4, 0.5) is 5.69 Å². The fourth-order valence-corrected chi connectivity index (χ4v) is 5.47. The van der Waals surface area contributed by atoms with Gasteiger partial charge in [0.15, 0.2) is 5.60 Å². The average Bonchev–Trinajstić information content (AvgIpc) is 3.16. The summed E-state index contributed by atoms with van der Waals surface area (Å²) < 4.78 is 12.5. The number of carboxylic acid groups (broad SMARTS) is 1. The minimum absolute atomic E-state index is 0.0702. The van der Waals surface area contributed by atoms with Gasteiger partial charge in [0.1, 0.15) is 11.5 Å². The summed E-state index contributed by atoms with van der Waals surface area (Å²) in [5, 5.41) is 9.29.